The number of methoxy groups -OCH3 is 1. The molecule has 1 aromatic rings. The maximum Gasteiger partial charge on any atom is 0.323 e. The van der Waals surface area contributed by atoms with Gasteiger partial charge in [-0.05, 0) is 17.9 Å². The lowest BCUT2D eigenvalue weighted by atomic mass is 9.99. The van der Waals surface area contributed by atoms with Crippen molar-refractivity contribution in [1.82, 2.24) is 5.32 Å². The van der Waals surface area contributed by atoms with Gasteiger partial charge in [0.25, 0.3) is 0 Å². The first-order valence-electron chi connectivity index (χ1n) is 6.49. The molecule has 0 amide bonds. The Morgan fingerprint density at radius 2 is 1.89 bits per heavy atom. The number of ether oxygens (including phenoxy) is 1. The fourth-order valence-electron chi connectivity index (χ4n) is 2.01. The Kier molecular flexibility index (Phi) is 5.86. The van der Waals surface area contributed by atoms with Crippen LogP contribution < -0.4 is 5.32 Å². The van der Waals surface area contributed by atoms with Crippen molar-refractivity contribution in [2.75, 3.05) is 7.11 Å². The topological polar surface area (TPSA) is 38.3 Å². The fraction of sp³-hybridized carbons (Fsp3) is 0.533. The van der Waals surface area contributed by atoms with Crippen LogP contribution in [-0.4, -0.2) is 19.1 Å². The van der Waals surface area contributed by atoms with Crippen LogP contribution in [0.1, 0.15) is 38.8 Å². The van der Waals surface area contributed by atoms with Crippen molar-refractivity contribution in [2.45, 2.75) is 39.3 Å². The summed E-state index contributed by atoms with van der Waals surface area (Å²) in [6.07, 6.45) is 0.935. The third-order valence-electron chi connectivity index (χ3n) is 3.11. The van der Waals surface area contributed by atoms with Gasteiger partial charge in [0.1, 0.15) is 6.04 Å². The van der Waals surface area contributed by atoms with Gasteiger partial charge in [-0.25, -0.2) is 0 Å². The normalized spacial score (nSPS) is 14.3. The Balaban J connectivity index is 2.81. The Morgan fingerprint density at radius 1 is 1.28 bits per heavy atom. The molecule has 0 aliphatic rings. The van der Waals surface area contributed by atoms with Gasteiger partial charge < -0.3 is 4.74 Å². The van der Waals surface area contributed by atoms with Gasteiger partial charge in [0, 0.05) is 6.04 Å². The molecule has 1 aromatic carbocycles. The number of rotatable bonds is 6. The van der Waals surface area contributed by atoms with Crippen LogP contribution in [0.15, 0.2) is 30.3 Å². The second kappa shape index (κ2) is 7.17. The van der Waals surface area contributed by atoms with Gasteiger partial charge in [0.05, 0.1) is 7.11 Å². The Bertz CT molecular complexity index is 362. The lowest BCUT2D eigenvalue weighted by Gasteiger charge is -2.26. The third kappa shape index (κ3) is 3.84. The quantitative estimate of drug-likeness (QED) is 0.788. The van der Waals surface area contributed by atoms with Crippen LogP contribution in [0.3, 0.4) is 0 Å². The Labute approximate surface area is 110 Å². The molecule has 3 nitrogen and oxygen atoms in total. The summed E-state index contributed by atoms with van der Waals surface area (Å²) in [6, 6.07) is 10.1. The number of nitrogens with one attached hydrogen (secondary N) is 1. The molecule has 0 saturated carbocycles. The van der Waals surface area contributed by atoms with Crippen molar-refractivity contribution in [2.24, 2.45) is 5.92 Å². The first kappa shape index (κ1) is 14.7. The van der Waals surface area contributed by atoms with E-state index in [4.69, 9.17) is 4.74 Å². The highest BCUT2D eigenvalue weighted by Crippen LogP contribution is 2.18. The van der Waals surface area contributed by atoms with Crippen molar-refractivity contribution in [1.29, 1.82) is 0 Å². The van der Waals surface area contributed by atoms with Crippen molar-refractivity contribution in [3.05, 3.63) is 35.9 Å². The van der Waals surface area contributed by atoms with Gasteiger partial charge in [-0.3, -0.25) is 10.1 Å². The summed E-state index contributed by atoms with van der Waals surface area (Å²) in [5.41, 5.74) is 1.20. The number of carbonyl (C=O) groups excluding carboxylic acids is 1. The fourth-order valence-corrected chi connectivity index (χ4v) is 2.01. The van der Waals surface area contributed by atoms with E-state index in [0.29, 0.717) is 0 Å². The Hall–Kier alpha value is -1.35. The molecule has 1 unspecified atom stereocenters. The Morgan fingerprint density at radius 3 is 2.33 bits per heavy atom. The van der Waals surface area contributed by atoms with Crippen molar-refractivity contribution in [3.63, 3.8) is 0 Å². The van der Waals surface area contributed by atoms with Gasteiger partial charge >= 0.3 is 5.97 Å². The molecular formula is C15H23NO2. The van der Waals surface area contributed by atoms with E-state index in [1.165, 1.54) is 12.7 Å². The summed E-state index contributed by atoms with van der Waals surface area (Å²) in [5.74, 6) is 0.00888. The van der Waals surface area contributed by atoms with Crippen LogP contribution in [0.25, 0.3) is 0 Å². The largest absolute Gasteiger partial charge is 0.468 e. The summed E-state index contributed by atoms with van der Waals surface area (Å²) in [5, 5.41) is 3.40. The van der Waals surface area contributed by atoms with Crippen LogP contribution in [0.4, 0.5) is 0 Å². The zero-order valence-electron chi connectivity index (χ0n) is 11.6. The molecule has 0 radical (unpaired) electrons. The number of benzene rings is 1. The van der Waals surface area contributed by atoms with Gasteiger partial charge in [0.2, 0.25) is 0 Å². The second-order valence-electron chi connectivity index (χ2n) is 4.78. The van der Waals surface area contributed by atoms with Crippen LogP contribution in [0.5, 0.6) is 0 Å². The average molecular weight is 249 g/mol. The zero-order chi connectivity index (χ0) is 13.5. The van der Waals surface area contributed by atoms with E-state index < -0.39 is 0 Å². The predicted octanol–water partition coefficient (Wildman–Crippen LogP) is 2.92. The molecule has 1 rings (SSSR count). The molecule has 0 spiro atoms. The molecule has 3 heteroatoms. The first-order chi connectivity index (χ1) is 8.60. The molecule has 0 aromatic heterocycles. The summed E-state index contributed by atoms with van der Waals surface area (Å²) in [7, 11) is 1.43. The molecular weight excluding hydrogens is 226 g/mol. The predicted molar refractivity (Wildman–Crippen MR) is 73.3 cm³/mol. The smallest absolute Gasteiger partial charge is 0.323 e. The summed E-state index contributed by atoms with van der Waals surface area (Å²) >= 11 is 0. The molecule has 0 fully saturated rings. The molecule has 0 heterocycles. The van der Waals surface area contributed by atoms with Gasteiger partial charge in [-0.1, -0.05) is 51.1 Å². The van der Waals surface area contributed by atoms with Gasteiger partial charge in [0.15, 0.2) is 0 Å². The maximum atomic E-state index is 11.8. The molecule has 2 atom stereocenters. The molecule has 18 heavy (non-hydrogen) atoms. The number of hydrogen-bond acceptors (Lipinski definition) is 3. The van der Waals surface area contributed by atoms with E-state index >= 15 is 0 Å². The van der Waals surface area contributed by atoms with Gasteiger partial charge in [-0.2, -0.15) is 0 Å². The summed E-state index contributed by atoms with van der Waals surface area (Å²) in [4.78, 5) is 11.8. The van der Waals surface area contributed by atoms with E-state index in [9.17, 15) is 4.79 Å². The molecule has 0 aliphatic heterocycles. The highest BCUT2D eigenvalue weighted by atomic mass is 16.5. The monoisotopic (exact) mass is 249 g/mol. The second-order valence-corrected chi connectivity index (χ2v) is 4.78. The van der Waals surface area contributed by atoms with Crippen molar-refractivity contribution >= 4 is 5.97 Å². The minimum Gasteiger partial charge on any atom is -0.468 e. The van der Waals surface area contributed by atoms with Crippen molar-refractivity contribution < 1.29 is 9.53 Å². The SMILES string of the molecule is CCC(N[C@@H](C(=O)OC)C(C)C)c1ccccc1. The average Bonchev–Trinajstić information content (AvgIpc) is 2.39. The highest BCUT2D eigenvalue weighted by molar-refractivity contribution is 5.76. The molecule has 0 aliphatic carbocycles. The highest BCUT2D eigenvalue weighted by Gasteiger charge is 2.25. The van der Waals surface area contributed by atoms with Gasteiger partial charge in [-0.15, -0.1) is 0 Å². The molecule has 1 N–H and O–H groups in total. The van der Waals surface area contributed by atoms with Crippen LogP contribution in [0.2, 0.25) is 0 Å². The summed E-state index contributed by atoms with van der Waals surface area (Å²) in [6.45, 7) is 6.15. The zero-order valence-corrected chi connectivity index (χ0v) is 11.6. The minimum atomic E-state index is -0.264. The van der Waals surface area contributed by atoms with E-state index in [0.717, 1.165) is 6.42 Å². The lowest BCUT2D eigenvalue weighted by molar-refractivity contribution is -0.144. The van der Waals surface area contributed by atoms with E-state index in [1.807, 2.05) is 32.0 Å². The number of carbonyl (C=O) groups is 1. The summed E-state index contributed by atoms with van der Waals surface area (Å²) < 4.78 is 4.85. The van der Waals surface area contributed by atoms with Crippen LogP contribution in [0, 0.1) is 5.92 Å². The van der Waals surface area contributed by atoms with E-state index in [2.05, 4.69) is 24.4 Å². The standard InChI is InChI=1S/C15H23NO2/c1-5-13(12-9-7-6-8-10-12)16-14(11(2)3)15(17)18-4/h6-11,13-14,16H,5H2,1-4H3/t13?,14-/m1/s1. The first-order valence-corrected chi connectivity index (χ1v) is 6.49. The van der Waals surface area contributed by atoms with Crippen LogP contribution in [-0.2, 0) is 9.53 Å². The molecule has 0 saturated heterocycles. The lowest BCUT2D eigenvalue weighted by Crippen LogP contribution is -2.43. The maximum absolute atomic E-state index is 11.8. The third-order valence-corrected chi connectivity index (χ3v) is 3.11. The van der Waals surface area contributed by atoms with Crippen LogP contribution >= 0.6 is 0 Å². The number of hydrogen-bond donors (Lipinski definition) is 1. The number of esters is 1. The minimum absolute atomic E-state index is 0.178. The van der Waals surface area contributed by atoms with Crippen molar-refractivity contribution in [3.8, 4) is 0 Å². The van der Waals surface area contributed by atoms with E-state index in [-0.39, 0.29) is 24.0 Å². The molecule has 0 bridgehead atoms. The molecule has 100 valence electrons. The van der Waals surface area contributed by atoms with E-state index in [1.54, 1.807) is 0 Å².